The number of anilines is 1. The van der Waals surface area contributed by atoms with E-state index in [-0.39, 0.29) is 6.17 Å². The van der Waals surface area contributed by atoms with Crippen LogP contribution in [0.2, 0.25) is 5.02 Å². The van der Waals surface area contributed by atoms with E-state index in [1.54, 1.807) is 18.9 Å². The average Bonchev–Trinajstić information content (AvgIpc) is 2.69. The van der Waals surface area contributed by atoms with E-state index in [9.17, 15) is 0 Å². The summed E-state index contributed by atoms with van der Waals surface area (Å²) < 4.78 is 5.25. The first-order valence-corrected chi connectivity index (χ1v) is 10.0. The minimum Gasteiger partial charge on any atom is -0.497 e. The van der Waals surface area contributed by atoms with Gasteiger partial charge >= 0.3 is 0 Å². The highest BCUT2D eigenvalue weighted by molar-refractivity contribution is 7.99. The monoisotopic (exact) mass is 414 g/mol. The van der Waals surface area contributed by atoms with Gasteiger partial charge in [-0.05, 0) is 69.6 Å². The molecule has 1 aromatic heterocycles. The molecule has 28 heavy (non-hydrogen) atoms. The minimum absolute atomic E-state index is 0.131. The molecule has 0 spiro atoms. The highest BCUT2D eigenvalue weighted by Gasteiger charge is 2.12. The molecule has 1 atom stereocenters. The van der Waals surface area contributed by atoms with Gasteiger partial charge in [-0.2, -0.15) is 0 Å². The first kappa shape index (κ1) is 20.5. The second kappa shape index (κ2) is 9.28. The summed E-state index contributed by atoms with van der Waals surface area (Å²) in [6, 6.07) is 17.4. The fraction of sp³-hybridized carbons (Fsp3) is 0.238. The smallest absolute Gasteiger partial charge is 0.162 e. The molecule has 3 aromatic rings. The number of hydrogen-bond donors (Lipinski definition) is 1. The molecule has 1 heterocycles. The Bertz CT molecular complexity index is 917. The van der Waals surface area contributed by atoms with Crippen molar-refractivity contribution in [2.75, 3.05) is 26.5 Å². The number of aromatic nitrogens is 2. The van der Waals surface area contributed by atoms with Crippen molar-refractivity contribution in [1.29, 1.82) is 0 Å². The van der Waals surface area contributed by atoms with Crippen molar-refractivity contribution in [2.45, 2.75) is 23.0 Å². The molecule has 0 amide bonds. The molecule has 0 aliphatic rings. The number of methoxy groups -OCH3 is 1. The number of halogens is 1. The van der Waals surface area contributed by atoms with E-state index >= 15 is 0 Å². The summed E-state index contributed by atoms with van der Waals surface area (Å²) in [6.07, 6.45) is 0.131. The minimum atomic E-state index is 0.131. The van der Waals surface area contributed by atoms with Gasteiger partial charge in [-0.1, -0.05) is 23.4 Å². The van der Waals surface area contributed by atoms with Crippen LogP contribution in [-0.2, 0) is 0 Å². The van der Waals surface area contributed by atoms with Gasteiger partial charge in [0.05, 0.1) is 13.3 Å². The van der Waals surface area contributed by atoms with Crippen molar-refractivity contribution < 1.29 is 4.74 Å². The van der Waals surface area contributed by atoms with E-state index in [0.717, 1.165) is 27.1 Å². The second-order valence-electron chi connectivity index (χ2n) is 6.48. The maximum absolute atomic E-state index is 6.00. The topological polar surface area (TPSA) is 50.3 Å². The van der Waals surface area contributed by atoms with Crippen LogP contribution in [0.15, 0.2) is 64.5 Å². The zero-order chi connectivity index (χ0) is 20.1. The number of nitrogens with zero attached hydrogens (tertiary/aromatic N) is 3. The molecule has 2 aromatic carbocycles. The molecule has 7 heteroatoms. The van der Waals surface area contributed by atoms with Crippen molar-refractivity contribution in [3.63, 3.8) is 0 Å². The predicted molar refractivity (Wildman–Crippen MR) is 116 cm³/mol. The normalized spacial score (nSPS) is 12.1. The van der Waals surface area contributed by atoms with Gasteiger partial charge in [0.1, 0.15) is 16.6 Å². The summed E-state index contributed by atoms with van der Waals surface area (Å²) in [5.74, 6) is 2.24. The zero-order valence-corrected chi connectivity index (χ0v) is 17.9. The lowest BCUT2D eigenvalue weighted by Gasteiger charge is -2.22. The van der Waals surface area contributed by atoms with Crippen LogP contribution < -0.4 is 10.1 Å². The van der Waals surface area contributed by atoms with Crippen LogP contribution in [0.25, 0.3) is 11.4 Å². The van der Waals surface area contributed by atoms with Crippen LogP contribution >= 0.6 is 23.4 Å². The fourth-order valence-electron chi connectivity index (χ4n) is 2.39. The summed E-state index contributed by atoms with van der Waals surface area (Å²) in [5.41, 5.74) is 0.930. The molecular weight excluding hydrogens is 392 g/mol. The summed E-state index contributed by atoms with van der Waals surface area (Å²) in [7, 11) is 5.69. The Morgan fingerprint density at radius 1 is 1.04 bits per heavy atom. The highest BCUT2D eigenvalue weighted by Crippen LogP contribution is 2.31. The van der Waals surface area contributed by atoms with E-state index in [1.165, 1.54) is 0 Å². The number of rotatable bonds is 7. The largest absolute Gasteiger partial charge is 0.497 e. The lowest BCUT2D eigenvalue weighted by molar-refractivity contribution is 0.343. The number of ether oxygens (including phenoxy) is 1. The zero-order valence-electron chi connectivity index (χ0n) is 16.3. The van der Waals surface area contributed by atoms with Gasteiger partial charge in [0.25, 0.3) is 0 Å². The predicted octanol–water partition coefficient (Wildman–Crippen LogP) is 5.28. The molecular formula is C21H23ClN4OS. The third-order valence-electron chi connectivity index (χ3n) is 4.22. The lowest BCUT2D eigenvalue weighted by Crippen LogP contribution is -2.32. The Balaban J connectivity index is 1.95. The van der Waals surface area contributed by atoms with Crippen LogP contribution in [-0.4, -0.2) is 42.2 Å². The van der Waals surface area contributed by atoms with Gasteiger partial charge in [0.15, 0.2) is 5.82 Å². The Kier molecular flexibility index (Phi) is 6.78. The van der Waals surface area contributed by atoms with E-state index in [4.69, 9.17) is 26.3 Å². The third kappa shape index (κ3) is 5.38. The van der Waals surface area contributed by atoms with Gasteiger partial charge < -0.3 is 10.1 Å². The van der Waals surface area contributed by atoms with E-state index in [1.807, 2.05) is 68.7 Å². The molecule has 0 aliphatic heterocycles. The van der Waals surface area contributed by atoms with Crippen molar-refractivity contribution in [2.24, 2.45) is 0 Å². The maximum Gasteiger partial charge on any atom is 0.162 e. The molecule has 5 nitrogen and oxygen atoms in total. The van der Waals surface area contributed by atoms with E-state index in [2.05, 4.69) is 17.1 Å². The summed E-state index contributed by atoms with van der Waals surface area (Å²) >= 11 is 7.57. The Labute approximate surface area is 175 Å². The van der Waals surface area contributed by atoms with Crippen LogP contribution in [0, 0.1) is 0 Å². The highest BCUT2D eigenvalue weighted by atomic mass is 35.5. The molecule has 0 saturated carbocycles. The van der Waals surface area contributed by atoms with Crippen molar-refractivity contribution >= 4 is 29.2 Å². The van der Waals surface area contributed by atoms with Crippen LogP contribution in [0.5, 0.6) is 5.75 Å². The molecule has 0 bridgehead atoms. The summed E-state index contributed by atoms with van der Waals surface area (Å²) in [4.78, 5) is 12.6. The summed E-state index contributed by atoms with van der Waals surface area (Å²) in [6.45, 7) is 2.08. The number of benzene rings is 2. The first-order valence-electron chi connectivity index (χ1n) is 8.84. The second-order valence-corrected chi connectivity index (χ2v) is 8.01. The Morgan fingerprint density at radius 2 is 1.71 bits per heavy atom. The van der Waals surface area contributed by atoms with Crippen molar-refractivity contribution in [3.05, 3.63) is 59.6 Å². The Hall–Kier alpha value is -2.28. The first-order chi connectivity index (χ1) is 13.4. The van der Waals surface area contributed by atoms with Gasteiger partial charge in [0.2, 0.25) is 0 Å². The molecule has 1 unspecified atom stereocenters. The van der Waals surface area contributed by atoms with Crippen molar-refractivity contribution in [1.82, 2.24) is 14.9 Å². The van der Waals surface area contributed by atoms with E-state index < -0.39 is 0 Å². The standard InChI is InChI=1S/C21H23ClN4OS/c1-14(26(2)3)23-19-13-20(28-18-11-7-16(22)8-12-18)25-21(24-19)15-5-9-17(27-4)10-6-15/h5-14H,1-4H3,(H,23,24,25). The molecule has 0 radical (unpaired) electrons. The molecule has 0 aliphatic carbocycles. The van der Waals surface area contributed by atoms with Crippen LogP contribution in [0.4, 0.5) is 5.82 Å². The SMILES string of the molecule is COc1ccc(-c2nc(NC(C)N(C)C)cc(Sc3ccc(Cl)cc3)n2)cc1. The number of hydrogen-bond acceptors (Lipinski definition) is 6. The van der Waals surface area contributed by atoms with Crippen molar-refractivity contribution in [3.8, 4) is 17.1 Å². The number of nitrogens with one attached hydrogen (secondary N) is 1. The van der Waals surface area contributed by atoms with Crippen LogP contribution in [0.1, 0.15) is 6.92 Å². The molecule has 0 saturated heterocycles. The van der Waals surface area contributed by atoms with Gasteiger partial charge in [-0.3, -0.25) is 4.90 Å². The average molecular weight is 415 g/mol. The lowest BCUT2D eigenvalue weighted by atomic mass is 10.2. The van der Waals surface area contributed by atoms with Gasteiger partial charge in [-0.25, -0.2) is 9.97 Å². The van der Waals surface area contributed by atoms with Crippen LogP contribution in [0.3, 0.4) is 0 Å². The summed E-state index contributed by atoms with van der Waals surface area (Å²) in [5, 5.41) is 5.00. The maximum atomic E-state index is 6.00. The molecule has 1 N–H and O–H groups in total. The van der Waals surface area contributed by atoms with Gasteiger partial charge in [-0.15, -0.1) is 0 Å². The molecule has 3 rings (SSSR count). The Morgan fingerprint density at radius 3 is 2.32 bits per heavy atom. The fourth-order valence-corrected chi connectivity index (χ4v) is 3.33. The third-order valence-corrected chi connectivity index (χ3v) is 5.40. The molecule has 0 fully saturated rings. The molecule has 146 valence electrons. The quantitative estimate of drug-likeness (QED) is 0.419. The van der Waals surface area contributed by atoms with E-state index in [0.29, 0.717) is 10.8 Å². The van der Waals surface area contributed by atoms with Gasteiger partial charge in [0, 0.05) is 21.5 Å².